The summed E-state index contributed by atoms with van der Waals surface area (Å²) in [6.45, 7) is 0.498. The van der Waals surface area contributed by atoms with Crippen LogP contribution in [0.25, 0.3) is 0 Å². The molecule has 16 heavy (non-hydrogen) atoms. The Morgan fingerprint density at radius 2 is 2.38 bits per heavy atom. The van der Waals surface area contributed by atoms with Crippen molar-refractivity contribution >= 4 is 35.1 Å². The topological polar surface area (TPSA) is 56.1 Å². The third-order valence-corrected chi connectivity index (χ3v) is 2.76. The van der Waals surface area contributed by atoms with Gasteiger partial charge in [0.2, 0.25) is 0 Å². The van der Waals surface area contributed by atoms with E-state index in [2.05, 4.69) is 4.99 Å². The van der Waals surface area contributed by atoms with Crippen molar-refractivity contribution in [3.63, 3.8) is 0 Å². The molecule has 2 aliphatic rings. The Hall–Kier alpha value is -1.04. The number of carbonyl (C=O) groups is 1. The first-order valence-electron chi connectivity index (χ1n) is 4.65. The molecule has 2 aliphatic heterocycles. The highest BCUT2D eigenvalue weighted by Crippen LogP contribution is 2.27. The molecule has 0 radical (unpaired) electrons. The van der Waals surface area contributed by atoms with Crippen LogP contribution in [-0.4, -0.2) is 38.7 Å². The van der Waals surface area contributed by atoms with Gasteiger partial charge < -0.3 is 5.11 Å². The summed E-state index contributed by atoms with van der Waals surface area (Å²) in [7, 11) is 0. The molecular formula is C9H9Cl2N3O2. The van der Waals surface area contributed by atoms with Crippen LogP contribution in [0.5, 0.6) is 0 Å². The number of carboxylic acid groups (broad SMARTS) is 1. The lowest BCUT2D eigenvalue weighted by atomic mass is 10.1. The molecule has 0 bridgehead atoms. The van der Waals surface area contributed by atoms with E-state index in [0.717, 1.165) is 0 Å². The number of nitrogens with zero attached hydrogens (tertiary/aromatic N) is 3. The quantitative estimate of drug-likeness (QED) is 0.619. The number of alkyl halides is 1. The monoisotopic (exact) mass is 261 g/mol. The van der Waals surface area contributed by atoms with Gasteiger partial charge >= 0.3 is 5.97 Å². The molecule has 0 saturated carbocycles. The summed E-state index contributed by atoms with van der Waals surface area (Å²) < 4.78 is 1.42. The van der Waals surface area contributed by atoms with Gasteiger partial charge in [-0.25, -0.2) is 14.8 Å². The molecule has 7 heteroatoms. The van der Waals surface area contributed by atoms with E-state index in [1.54, 1.807) is 17.3 Å². The van der Waals surface area contributed by atoms with Gasteiger partial charge in [-0.1, -0.05) is 0 Å². The molecule has 5 nitrogen and oxygen atoms in total. The number of aliphatic carboxylic acids is 1. The molecule has 1 N–H and O–H groups in total. The fourth-order valence-electron chi connectivity index (χ4n) is 1.54. The summed E-state index contributed by atoms with van der Waals surface area (Å²) in [4.78, 5) is 15.0. The Bertz CT molecular complexity index is 417. The Morgan fingerprint density at radius 3 is 3.00 bits per heavy atom. The zero-order chi connectivity index (χ0) is 11.7. The smallest absolute Gasteiger partial charge is 0.354 e. The number of aliphatic imine (C=N–C) groups is 1. The second kappa shape index (κ2) is 4.45. The SMILES string of the molecule is O=C(O)C1=NC2=CCN(Cl)N2C=C1CCCl. The minimum atomic E-state index is -1.05. The van der Waals surface area contributed by atoms with Crippen LogP contribution in [0.2, 0.25) is 0 Å². The molecule has 0 amide bonds. The number of hydrogen-bond donors (Lipinski definition) is 1. The number of hydrazine groups is 1. The first-order chi connectivity index (χ1) is 7.63. The average Bonchev–Trinajstić information content (AvgIpc) is 2.60. The normalized spacial score (nSPS) is 20.1. The second-order valence-corrected chi connectivity index (χ2v) is 4.05. The Morgan fingerprint density at radius 1 is 1.62 bits per heavy atom. The summed E-state index contributed by atoms with van der Waals surface area (Å²) in [5.74, 6) is -0.177. The van der Waals surface area contributed by atoms with Crippen LogP contribution in [-0.2, 0) is 4.79 Å². The number of halogens is 2. The van der Waals surface area contributed by atoms with E-state index < -0.39 is 5.97 Å². The molecule has 0 aromatic carbocycles. The maximum Gasteiger partial charge on any atom is 0.354 e. The fourth-order valence-corrected chi connectivity index (χ4v) is 1.93. The summed E-state index contributed by atoms with van der Waals surface area (Å²) in [6, 6.07) is 0. The summed E-state index contributed by atoms with van der Waals surface area (Å²) in [5.41, 5.74) is 0.613. The Kier molecular flexibility index (Phi) is 3.18. The summed E-state index contributed by atoms with van der Waals surface area (Å²) in [5, 5.41) is 10.6. The van der Waals surface area contributed by atoms with Crippen molar-refractivity contribution in [1.29, 1.82) is 0 Å². The van der Waals surface area contributed by atoms with Crippen LogP contribution in [0.1, 0.15) is 6.42 Å². The average molecular weight is 262 g/mol. The third-order valence-electron chi connectivity index (χ3n) is 2.27. The minimum absolute atomic E-state index is 0.0371. The van der Waals surface area contributed by atoms with E-state index in [1.165, 1.54) is 4.53 Å². The predicted molar refractivity (Wildman–Crippen MR) is 61.0 cm³/mol. The minimum Gasteiger partial charge on any atom is -0.477 e. The van der Waals surface area contributed by atoms with E-state index in [4.69, 9.17) is 28.5 Å². The second-order valence-electron chi connectivity index (χ2n) is 3.28. The highest BCUT2D eigenvalue weighted by atomic mass is 35.5. The molecular weight excluding hydrogens is 253 g/mol. The molecule has 2 heterocycles. The fraction of sp³-hybridized carbons (Fsp3) is 0.333. The van der Waals surface area contributed by atoms with Gasteiger partial charge in [0, 0.05) is 29.4 Å². The van der Waals surface area contributed by atoms with E-state index in [1.807, 2.05) is 0 Å². The molecule has 2 rings (SSSR count). The van der Waals surface area contributed by atoms with E-state index in [9.17, 15) is 4.79 Å². The van der Waals surface area contributed by atoms with Crippen LogP contribution >= 0.6 is 23.4 Å². The molecule has 0 atom stereocenters. The van der Waals surface area contributed by atoms with Crippen molar-refractivity contribution in [3.05, 3.63) is 23.7 Å². The molecule has 0 fully saturated rings. The lowest BCUT2D eigenvalue weighted by Gasteiger charge is -2.26. The van der Waals surface area contributed by atoms with Gasteiger partial charge in [-0.3, -0.25) is 0 Å². The maximum atomic E-state index is 11.0. The molecule has 0 aromatic heterocycles. The first kappa shape index (κ1) is 11.4. The molecule has 0 spiro atoms. The summed E-state index contributed by atoms with van der Waals surface area (Å²) >= 11 is 11.5. The summed E-state index contributed by atoms with van der Waals surface area (Å²) in [6.07, 6.45) is 3.86. The van der Waals surface area contributed by atoms with E-state index in [0.29, 0.717) is 30.2 Å². The van der Waals surface area contributed by atoms with Gasteiger partial charge in [-0.15, -0.1) is 16.1 Å². The molecule has 0 aromatic rings. The van der Waals surface area contributed by atoms with Crippen LogP contribution in [0.15, 0.2) is 28.7 Å². The number of rotatable bonds is 3. The van der Waals surface area contributed by atoms with E-state index >= 15 is 0 Å². The van der Waals surface area contributed by atoms with Gasteiger partial charge in [0.1, 0.15) is 5.82 Å². The lowest BCUT2D eigenvalue weighted by Crippen LogP contribution is -2.31. The van der Waals surface area contributed by atoms with Crippen LogP contribution < -0.4 is 0 Å². The number of fused-ring (bicyclic) bond motifs is 1. The van der Waals surface area contributed by atoms with Crippen LogP contribution in [0.3, 0.4) is 0 Å². The molecule has 0 aliphatic carbocycles. The maximum absolute atomic E-state index is 11.0. The zero-order valence-electron chi connectivity index (χ0n) is 8.23. The van der Waals surface area contributed by atoms with Gasteiger partial charge in [0.05, 0.1) is 6.54 Å². The third kappa shape index (κ3) is 1.93. The van der Waals surface area contributed by atoms with Gasteiger partial charge in [-0.2, -0.15) is 0 Å². The van der Waals surface area contributed by atoms with Crippen LogP contribution in [0, 0.1) is 0 Å². The van der Waals surface area contributed by atoms with Gasteiger partial charge in [-0.05, 0) is 12.5 Å². The Labute approximate surface area is 102 Å². The molecule has 0 unspecified atom stereocenters. The number of hydrogen-bond acceptors (Lipinski definition) is 4. The highest BCUT2D eigenvalue weighted by molar-refractivity contribution is 6.43. The highest BCUT2D eigenvalue weighted by Gasteiger charge is 2.29. The zero-order valence-corrected chi connectivity index (χ0v) is 9.74. The standard InChI is InChI=1S/C9H9Cl2N3O2/c10-3-1-6-5-13-7(2-4-14(13)11)12-8(6)9(15)16/h2,5H,1,3-4H2,(H,15,16). The van der Waals surface area contributed by atoms with Crippen molar-refractivity contribution in [2.45, 2.75) is 6.42 Å². The van der Waals surface area contributed by atoms with Gasteiger partial charge in [0.15, 0.2) is 5.71 Å². The first-order valence-corrected chi connectivity index (χ1v) is 5.52. The van der Waals surface area contributed by atoms with Crippen molar-refractivity contribution in [1.82, 2.24) is 9.54 Å². The largest absolute Gasteiger partial charge is 0.477 e. The van der Waals surface area contributed by atoms with Crippen molar-refractivity contribution < 1.29 is 9.90 Å². The molecule has 0 saturated heterocycles. The van der Waals surface area contributed by atoms with Crippen molar-refractivity contribution in [2.24, 2.45) is 4.99 Å². The van der Waals surface area contributed by atoms with E-state index in [-0.39, 0.29) is 5.71 Å². The predicted octanol–water partition coefficient (Wildman–Crippen LogP) is 1.57. The molecule has 86 valence electrons. The van der Waals surface area contributed by atoms with Crippen molar-refractivity contribution in [3.8, 4) is 0 Å². The van der Waals surface area contributed by atoms with Crippen molar-refractivity contribution in [2.75, 3.05) is 12.4 Å². The Balaban J connectivity index is 2.34. The lowest BCUT2D eigenvalue weighted by molar-refractivity contribution is -0.129. The van der Waals surface area contributed by atoms with Gasteiger partial charge in [0.25, 0.3) is 0 Å². The number of carboxylic acids is 1. The van der Waals surface area contributed by atoms with Crippen LogP contribution in [0.4, 0.5) is 0 Å².